The normalized spacial score (nSPS) is 18.7. The maximum atomic E-state index is 5.40. The summed E-state index contributed by atoms with van der Waals surface area (Å²) in [5.74, 6) is 0.736. The summed E-state index contributed by atoms with van der Waals surface area (Å²) < 4.78 is 2.60. The first-order valence-electron chi connectivity index (χ1n) is 7.85. The Morgan fingerprint density at radius 2 is 2.17 bits per heavy atom. The molecule has 0 radical (unpaired) electrons. The minimum atomic E-state index is 0.357. The molecular weight excluding hydrogens is 344 g/mol. The highest BCUT2D eigenvalue weighted by atomic mass is 32.2. The third kappa shape index (κ3) is 2.36. The van der Waals surface area contributed by atoms with E-state index in [9.17, 15) is 0 Å². The molecule has 3 aromatic rings. The van der Waals surface area contributed by atoms with Gasteiger partial charge in [-0.1, -0.05) is 32.5 Å². The summed E-state index contributed by atoms with van der Waals surface area (Å²) in [7, 11) is 0. The van der Waals surface area contributed by atoms with Crippen molar-refractivity contribution in [2.45, 2.75) is 45.2 Å². The maximum absolute atomic E-state index is 5.40. The van der Waals surface area contributed by atoms with Crippen molar-refractivity contribution in [1.82, 2.24) is 19.6 Å². The van der Waals surface area contributed by atoms with Crippen LogP contribution in [0.25, 0.3) is 15.9 Å². The van der Waals surface area contributed by atoms with Crippen molar-refractivity contribution in [3.8, 4) is 0 Å². The maximum Gasteiger partial charge on any atom is 0.201 e. The van der Waals surface area contributed by atoms with Crippen LogP contribution in [0.2, 0.25) is 0 Å². The molecule has 0 aliphatic heterocycles. The standard InChI is InChI=1S/C16H20N4S3/c1-16(2,3)8-5-6-9-10(7-8)23-13-11(9)12-18-19-14(21)20(12)15(17-13)22-4/h8H,5-7H2,1-4H3,(H,19,21)/t8-/m1/s1. The Labute approximate surface area is 148 Å². The van der Waals surface area contributed by atoms with Gasteiger partial charge in [0, 0.05) is 4.88 Å². The van der Waals surface area contributed by atoms with E-state index in [1.165, 1.54) is 22.2 Å². The molecule has 122 valence electrons. The second kappa shape index (κ2) is 5.29. The molecule has 1 aliphatic carbocycles. The number of fused-ring (bicyclic) bond motifs is 5. The van der Waals surface area contributed by atoms with Crippen LogP contribution in [0, 0.1) is 16.1 Å². The van der Waals surface area contributed by atoms with E-state index >= 15 is 0 Å². The van der Waals surface area contributed by atoms with Gasteiger partial charge in [-0.25, -0.2) is 9.38 Å². The van der Waals surface area contributed by atoms with Gasteiger partial charge in [0.05, 0.1) is 5.39 Å². The fourth-order valence-corrected chi connectivity index (χ4v) is 5.71. The van der Waals surface area contributed by atoms with E-state index < -0.39 is 0 Å². The molecule has 0 fully saturated rings. The van der Waals surface area contributed by atoms with Crippen LogP contribution in [0.4, 0.5) is 0 Å². The van der Waals surface area contributed by atoms with E-state index in [-0.39, 0.29) is 0 Å². The van der Waals surface area contributed by atoms with E-state index in [1.807, 2.05) is 22.0 Å². The Bertz CT molecular complexity index is 958. The summed E-state index contributed by atoms with van der Waals surface area (Å²) in [5.41, 5.74) is 2.75. The molecule has 0 saturated heterocycles. The van der Waals surface area contributed by atoms with Crippen LogP contribution in [0.1, 0.15) is 37.6 Å². The number of thiophene rings is 1. The Morgan fingerprint density at radius 1 is 1.39 bits per heavy atom. The monoisotopic (exact) mass is 364 g/mol. The largest absolute Gasteiger partial charge is 0.251 e. The second-order valence-corrected chi connectivity index (χ2v) is 9.52. The third-order valence-corrected chi connectivity index (χ3v) is 7.00. The van der Waals surface area contributed by atoms with Crippen molar-refractivity contribution < 1.29 is 0 Å². The zero-order chi connectivity index (χ0) is 16.4. The molecule has 0 amide bonds. The molecule has 0 bridgehead atoms. The lowest BCUT2D eigenvalue weighted by Crippen LogP contribution is -2.26. The van der Waals surface area contributed by atoms with Gasteiger partial charge in [-0.05, 0) is 54.6 Å². The van der Waals surface area contributed by atoms with Gasteiger partial charge in [0.25, 0.3) is 0 Å². The van der Waals surface area contributed by atoms with E-state index in [1.54, 1.807) is 11.8 Å². The number of nitrogens with one attached hydrogen (secondary N) is 1. The smallest absolute Gasteiger partial charge is 0.201 e. The molecule has 7 heteroatoms. The summed E-state index contributed by atoms with van der Waals surface area (Å²) in [6, 6.07) is 0. The number of thioether (sulfide) groups is 1. The minimum Gasteiger partial charge on any atom is -0.251 e. The summed E-state index contributed by atoms with van der Waals surface area (Å²) in [6.45, 7) is 7.06. The molecule has 0 saturated carbocycles. The highest BCUT2D eigenvalue weighted by Gasteiger charge is 2.32. The highest BCUT2D eigenvalue weighted by molar-refractivity contribution is 7.98. The average Bonchev–Trinajstić information content (AvgIpc) is 3.05. The molecule has 23 heavy (non-hydrogen) atoms. The first kappa shape index (κ1) is 15.6. The minimum absolute atomic E-state index is 0.357. The predicted octanol–water partition coefficient (Wildman–Crippen LogP) is 4.87. The van der Waals surface area contributed by atoms with Crippen molar-refractivity contribution >= 4 is 51.2 Å². The van der Waals surface area contributed by atoms with E-state index in [4.69, 9.17) is 17.2 Å². The Kier molecular flexibility index (Phi) is 3.59. The lowest BCUT2D eigenvalue weighted by atomic mass is 9.72. The van der Waals surface area contributed by atoms with Crippen LogP contribution in [0.3, 0.4) is 0 Å². The van der Waals surface area contributed by atoms with Crippen molar-refractivity contribution in [3.05, 3.63) is 15.2 Å². The number of aromatic nitrogens is 4. The first-order valence-corrected chi connectivity index (χ1v) is 10.3. The lowest BCUT2D eigenvalue weighted by Gasteiger charge is -2.33. The van der Waals surface area contributed by atoms with Gasteiger partial charge in [-0.3, -0.25) is 5.10 Å². The Morgan fingerprint density at radius 3 is 2.87 bits per heavy atom. The van der Waals surface area contributed by atoms with Gasteiger partial charge in [-0.15, -0.1) is 11.3 Å². The second-order valence-electron chi connectivity index (χ2n) is 7.28. The number of aryl methyl sites for hydroxylation is 1. The van der Waals surface area contributed by atoms with Crippen LogP contribution >= 0.6 is 35.3 Å². The molecule has 3 aromatic heterocycles. The summed E-state index contributed by atoms with van der Waals surface area (Å²) in [5, 5.41) is 9.57. The fraction of sp³-hybridized carbons (Fsp3) is 0.562. The molecule has 0 spiro atoms. The number of nitrogens with zero attached hydrogens (tertiary/aromatic N) is 3. The average molecular weight is 365 g/mol. The van der Waals surface area contributed by atoms with Gasteiger partial charge >= 0.3 is 0 Å². The number of aromatic amines is 1. The van der Waals surface area contributed by atoms with E-state index in [2.05, 4.69) is 31.0 Å². The van der Waals surface area contributed by atoms with Gasteiger partial charge in [0.2, 0.25) is 4.77 Å². The van der Waals surface area contributed by atoms with Crippen molar-refractivity contribution in [1.29, 1.82) is 0 Å². The SMILES string of the molecule is CSc1nc2sc3c(c2c2n[nH]c(=S)n12)CC[C@@H](C(C)(C)C)C3. The Balaban J connectivity index is 1.98. The van der Waals surface area contributed by atoms with E-state index in [0.29, 0.717) is 10.2 Å². The zero-order valence-corrected chi connectivity index (χ0v) is 16.2. The highest BCUT2D eigenvalue weighted by Crippen LogP contribution is 2.44. The molecule has 0 unspecified atom stereocenters. The van der Waals surface area contributed by atoms with Crippen LogP contribution in [0.5, 0.6) is 0 Å². The van der Waals surface area contributed by atoms with Crippen molar-refractivity contribution in [2.24, 2.45) is 11.3 Å². The van der Waals surface area contributed by atoms with Gasteiger partial charge < -0.3 is 0 Å². The zero-order valence-electron chi connectivity index (χ0n) is 13.8. The molecule has 3 heterocycles. The van der Waals surface area contributed by atoms with Crippen LogP contribution in [-0.2, 0) is 12.8 Å². The summed E-state index contributed by atoms with van der Waals surface area (Å²) >= 11 is 8.86. The number of rotatable bonds is 1. The topological polar surface area (TPSA) is 46.0 Å². The molecular formula is C16H20N4S3. The van der Waals surface area contributed by atoms with Crippen molar-refractivity contribution in [2.75, 3.05) is 6.26 Å². The predicted molar refractivity (Wildman–Crippen MR) is 100 cm³/mol. The molecule has 1 N–H and O–H groups in total. The summed E-state index contributed by atoms with van der Waals surface area (Å²) in [6.07, 6.45) is 5.55. The molecule has 4 nitrogen and oxygen atoms in total. The molecule has 1 atom stereocenters. The number of H-pyrrole nitrogens is 1. The fourth-order valence-electron chi connectivity index (χ4n) is 3.54. The van der Waals surface area contributed by atoms with Crippen LogP contribution < -0.4 is 0 Å². The molecule has 0 aromatic carbocycles. The number of hydrogen-bond donors (Lipinski definition) is 1. The van der Waals surface area contributed by atoms with Crippen molar-refractivity contribution in [3.63, 3.8) is 0 Å². The lowest BCUT2D eigenvalue weighted by molar-refractivity contribution is 0.218. The van der Waals surface area contributed by atoms with Gasteiger partial charge in [0.15, 0.2) is 10.8 Å². The van der Waals surface area contributed by atoms with E-state index in [0.717, 1.165) is 34.4 Å². The van der Waals surface area contributed by atoms with Gasteiger partial charge in [-0.2, -0.15) is 5.10 Å². The van der Waals surface area contributed by atoms with Crippen LogP contribution in [0.15, 0.2) is 5.16 Å². The Hall–Kier alpha value is -0.920. The third-order valence-electron chi connectivity index (χ3n) is 4.94. The first-order chi connectivity index (χ1) is 10.9. The quantitative estimate of drug-likeness (QED) is 0.380. The molecule has 1 aliphatic rings. The van der Waals surface area contributed by atoms with Gasteiger partial charge in [0.1, 0.15) is 4.83 Å². The number of hydrogen-bond acceptors (Lipinski definition) is 5. The molecule has 4 rings (SSSR count). The van der Waals surface area contributed by atoms with Crippen LogP contribution in [-0.4, -0.2) is 25.8 Å². The summed E-state index contributed by atoms with van der Waals surface area (Å²) in [4.78, 5) is 7.47.